The van der Waals surface area contributed by atoms with Gasteiger partial charge in [-0.25, -0.2) is 0 Å². The van der Waals surface area contributed by atoms with Crippen molar-refractivity contribution in [1.82, 2.24) is 14.4 Å². The van der Waals surface area contributed by atoms with Crippen LogP contribution in [0.5, 0.6) is 0 Å². The van der Waals surface area contributed by atoms with Gasteiger partial charge >= 0.3 is 0 Å². The molecule has 2 heterocycles. The number of hydrogen-bond donors (Lipinski definition) is 0. The van der Waals surface area contributed by atoms with Crippen LogP contribution in [0.1, 0.15) is 30.8 Å². The second kappa shape index (κ2) is 6.09. The second-order valence-corrected chi connectivity index (χ2v) is 6.04. The molecule has 0 aliphatic carbocycles. The lowest BCUT2D eigenvalue weighted by molar-refractivity contribution is 0.0532. The smallest absolute Gasteiger partial charge is 0.270 e. The summed E-state index contributed by atoms with van der Waals surface area (Å²) in [7, 11) is 2.14. The molecule has 2 rings (SSSR count). The molecule has 0 N–H and O–H groups in total. The van der Waals surface area contributed by atoms with Crippen LogP contribution in [-0.4, -0.2) is 53.0 Å². The van der Waals surface area contributed by atoms with Crippen LogP contribution in [0.4, 0.5) is 0 Å². The zero-order valence-corrected chi connectivity index (χ0v) is 13.5. The van der Waals surface area contributed by atoms with Gasteiger partial charge in [0.05, 0.1) is 0 Å². The number of likely N-dealkylation sites (N-methyl/N-ethyl adjacent to an activating group) is 1. The van der Waals surface area contributed by atoms with E-state index in [-0.39, 0.29) is 5.91 Å². The van der Waals surface area contributed by atoms with Gasteiger partial charge in [-0.2, -0.15) is 0 Å². The van der Waals surface area contributed by atoms with Gasteiger partial charge in [-0.3, -0.25) is 9.69 Å². The monoisotopic (exact) mass is 327 g/mol. The van der Waals surface area contributed by atoms with E-state index in [2.05, 4.69) is 41.7 Å². The molecule has 1 amide bonds. The summed E-state index contributed by atoms with van der Waals surface area (Å²) in [6.07, 6.45) is 3.05. The molecule has 1 fully saturated rings. The Hall–Kier alpha value is -0.810. The Kier molecular flexibility index (Phi) is 4.68. The number of aromatic nitrogens is 1. The molecule has 1 aliphatic rings. The molecule has 1 atom stereocenters. The summed E-state index contributed by atoms with van der Waals surface area (Å²) in [6.45, 7) is 7.66. The highest BCUT2D eigenvalue weighted by Gasteiger charge is 2.28. The number of nitrogens with zero attached hydrogens (tertiary/aromatic N) is 3. The van der Waals surface area contributed by atoms with Crippen molar-refractivity contribution >= 4 is 21.8 Å². The van der Waals surface area contributed by atoms with Crippen LogP contribution in [0.15, 0.2) is 16.7 Å². The zero-order valence-electron chi connectivity index (χ0n) is 11.9. The Bertz CT molecular complexity index is 458. The molecule has 5 heteroatoms. The van der Waals surface area contributed by atoms with E-state index in [9.17, 15) is 4.79 Å². The van der Waals surface area contributed by atoms with Gasteiger partial charge in [0, 0.05) is 42.9 Å². The Morgan fingerprint density at radius 3 is 2.79 bits per heavy atom. The van der Waals surface area contributed by atoms with Crippen molar-refractivity contribution in [3.8, 4) is 0 Å². The Morgan fingerprint density at radius 2 is 2.16 bits per heavy atom. The van der Waals surface area contributed by atoms with Crippen molar-refractivity contribution in [2.75, 3.05) is 26.7 Å². The average molecular weight is 328 g/mol. The van der Waals surface area contributed by atoms with E-state index in [1.807, 2.05) is 21.7 Å². The lowest BCUT2D eigenvalue weighted by atomic mass is 10.1. The highest BCUT2D eigenvalue weighted by Crippen LogP contribution is 2.19. The molecule has 0 saturated carbocycles. The third kappa shape index (κ3) is 3.03. The first kappa shape index (κ1) is 14.6. The third-order valence-corrected chi connectivity index (χ3v) is 4.39. The van der Waals surface area contributed by atoms with E-state index in [1.54, 1.807) is 0 Å². The van der Waals surface area contributed by atoms with Gasteiger partial charge < -0.3 is 9.47 Å². The van der Waals surface area contributed by atoms with Gasteiger partial charge in [0.2, 0.25) is 0 Å². The summed E-state index contributed by atoms with van der Waals surface area (Å²) in [5, 5.41) is 0. The fraction of sp³-hybridized carbons (Fsp3) is 0.643. The van der Waals surface area contributed by atoms with Gasteiger partial charge in [0.25, 0.3) is 5.91 Å². The molecule has 1 saturated heterocycles. The molecule has 1 aromatic rings. The van der Waals surface area contributed by atoms with Gasteiger partial charge in [-0.15, -0.1) is 0 Å². The average Bonchev–Trinajstić information content (AvgIpc) is 2.79. The van der Waals surface area contributed by atoms with E-state index >= 15 is 0 Å². The Morgan fingerprint density at radius 1 is 1.42 bits per heavy atom. The maximum absolute atomic E-state index is 12.6. The maximum Gasteiger partial charge on any atom is 0.270 e. The minimum Gasteiger partial charge on any atom is -0.343 e. The number of hydrogen-bond acceptors (Lipinski definition) is 2. The normalized spacial score (nSPS) is 20.8. The summed E-state index contributed by atoms with van der Waals surface area (Å²) in [6, 6.07) is 2.40. The number of halogens is 1. The molecule has 1 unspecified atom stereocenters. The van der Waals surface area contributed by atoms with Crippen molar-refractivity contribution in [2.24, 2.45) is 0 Å². The fourth-order valence-corrected chi connectivity index (χ4v) is 3.11. The van der Waals surface area contributed by atoms with Crippen molar-refractivity contribution in [2.45, 2.75) is 32.9 Å². The first-order valence-corrected chi connectivity index (χ1v) is 7.71. The molecule has 1 aliphatic heterocycles. The lowest BCUT2D eigenvalue weighted by Gasteiger charge is -2.39. The van der Waals surface area contributed by atoms with Gasteiger partial charge in [0.15, 0.2) is 0 Å². The van der Waals surface area contributed by atoms with Crippen molar-refractivity contribution < 1.29 is 4.79 Å². The van der Waals surface area contributed by atoms with Crippen LogP contribution >= 0.6 is 15.9 Å². The van der Waals surface area contributed by atoms with Crippen molar-refractivity contribution in [3.63, 3.8) is 0 Å². The van der Waals surface area contributed by atoms with E-state index in [0.717, 1.165) is 42.8 Å². The first-order chi connectivity index (χ1) is 9.06. The number of carbonyl (C=O) groups excluding carboxylic acids is 1. The van der Waals surface area contributed by atoms with Crippen LogP contribution in [0.25, 0.3) is 0 Å². The molecular formula is C14H22BrN3O. The largest absolute Gasteiger partial charge is 0.343 e. The molecule has 19 heavy (non-hydrogen) atoms. The Labute approximate surface area is 123 Å². The predicted octanol–water partition coefficient (Wildman–Crippen LogP) is 2.44. The molecule has 1 aromatic heterocycles. The highest BCUT2D eigenvalue weighted by molar-refractivity contribution is 9.10. The third-order valence-electron chi connectivity index (χ3n) is 3.96. The number of amides is 1. The number of piperazine rings is 1. The quantitative estimate of drug-likeness (QED) is 0.853. The van der Waals surface area contributed by atoms with Crippen LogP contribution in [-0.2, 0) is 6.54 Å². The molecular weight excluding hydrogens is 306 g/mol. The van der Waals surface area contributed by atoms with Crippen LogP contribution in [0, 0.1) is 0 Å². The number of rotatable bonds is 3. The first-order valence-electron chi connectivity index (χ1n) is 6.92. The van der Waals surface area contributed by atoms with E-state index < -0.39 is 0 Å². The lowest BCUT2D eigenvalue weighted by Crippen LogP contribution is -2.53. The molecule has 106 valence electrons. The molecule has 4 nitrogen and oxygen atoms in total. The fourth-order valence-electron chi connectivity index (χ4n) is 2.65. The van der Waals surface area contributed by atoms with Crippen molar-refractivity contribution in [1.29, 1.82) is 0 Å². The molecule has 0 radical (unpaired) electrons. The van der Waals surface area contributed by atoms with Gasteiger partial charge in [-0.1, -0.05) is 6.92 Å². The summed E-state index contributed by atoms with van der Waals surface area (Å²) in [4.78, 5) is 17.0. The number of aryl methyl sites for hydroxylation is 1. The molecule has 0 spiro atoms. The van der Waals surface area contributed by atoms with Gasteiger partial charge in [-0.05, 0) is 42.4 Å². The standard InChI is InChI=1S/C14H22BrN3O/c1-4-12-10-18(7-6-16(12)3)14(19)13-8-11(15)9-17(13)5-2/h8-9,12H,4-7,10H2,1-3H3. The van der Waals surface area contributed by atoms with Crippen LogP contribution in [0.2, 0.25) is 0 Å². The summed E-state index contributed by atoms with van der Waals surface area (Å²) in [5.74, 6) is 0.152. The summed E-state index contributed by atoms with van der Waals surface area (Å²) >= 11 is 3.45. The predicted molar refractivity (Wildman–Crippen MR) is 80.4 cm³/mol. The van der Waals surface area contributed by atoms with Crippen LogP contribution in [0.3, 0.4) is 0 Å². The molecule has 0 aromatic carbocycles. The summed E-state index contributed by atoms with van der Waals surface area (Å²) < 4.78 is 2.98. The maximum atomic E-state index is 12.6. The van der Waals surface area contributed by atoms with Gasteiger partial charge in [0.1, 0.15) is 5.69 Å². The number of carbonyl (C=O) groups is 1. The summed E-state index contributed by atoms with van der Waals surface area (Å²) in [5.41, 5.74) is 0.786. The van der Waals surface area contributed by atoms with Crippen LogP contribution < -0.4 is 0 Å². The topological polar surface area (TPSA) is 28.5 Å². The van der Waals surface area contributed by atoms with Crippen molar-refractivity contribution in [3.05, 3.63) is 22.4 Å². The van der Waals surface area contributed by atoms with E-state index in [4.69, 9.17) is 0 Å². The minimum absolute atomic E-state index is 0.152. The Balaban J connectivity index is 2.15. The second-order valence-electron chi connectivity index (χ2n) is 5.12. The van der Waals surface area contributed by atoms with E-state index in [0.29, 0.717) is 6.04 Å². The highest BCUT2D eigenvalue weighted by atomic mass is 79.9. The minimum atomic E-state index is 0.152. The SMILES string of the molecule is CCC1CN(C(=O)c2cc(Br)cn2CC)CCN1C. The zero-order chi connectivity index (χ0) is 14.0. The van der Waals surface area contributed by atoms with E-state index in [1.165, 1.54) is 0 Å². The molecule has 0 bridgehead atoms.